The highest BCUT2D eigenvalue weighted by Gasteiger charge is 2.45. The summed E-state index contributed by atoms with van der Waals surface area (Å²) >= 11 is 0. The number of ether oxygens (including phenoxy) is 1. The van der Waals surface area contributed by atoms with E-state index in [1.54, 1.807) is 25.1 Å². The molecular weight excluding hydrogens is 441 g/mol. The number of benzene rings is 2. The molecule has 3 unspecified atom stereocenters. The second kappa shape index (κ2) is 9.12. The van der Waals surface area contributed by atoms with Gasteiger partial charge in [0.2, 0.25) is 5.91 Å². The fraction of sp³-hybridized carbons (Fsp3) is 0.261. The highest BCUT2D eigenvalue weighted by molar-refractivity contribution is 5.91. The molecule has 3 aromatic rings. The number of amides is 2. The van der Waals surface area contributed by atoms with Crippen LogP contribution in [0.5, 0.6) is 5.75 Å². The number of hydrogen-bond donors (Lipinski definition) is 4. The average Bonchev–Trinajstić information content (AvgIpc) is 3.42. The number of hydrazine groups is 1. The quantitative estimate of drug-likeness (QED) is 0.436. The van der Waals surface area contributed by atoms with Crippen molar-refractivity contribution in [3.63, 3.8) is 0 Å². The van der Waals surface area contributed by atoms with Crippen LogP contribution in [0.15, 0.2) is 60.7 Å². The topological polar surface area (TPSA) is 113 Å². The van der Waals surface area contributed by atoms with E-state index in [4.69, 9.17) is 4.74 Å². The molecule has 0 spiro atoms. The van der Waals surface area contributed by atoms with Crippen LogP contribution in [0.3, 0.4) is 0 Å². The maximum Gasteiger partial charge on any atom is 0.263 e. The predicted molar refractivity (Wildman–Crippen MR) is 122 cm³/mol. The van der Waals surface area contributed by atoms with Gasteiger partial charge in [-0.2, -0.15) is 5.10 Å². The van der Waals surface area contributed by atoms with Crippen LogP contribution < -0.4 is 31.1 Å². The van der Waals surface area contributed by atoms with E-state index in [9.17, 15) is 14.0 Å². The summed E-state index contributed by atoms with van der Waals surface area (Å²) < 4.78 is 20.5. The zero-order chi connectivity index (χ0) is 23.7. The van der Waals surface area contributed by atoms with Crippen molar-refractivity contribution in [2.24, 2.45) is 5.92 Å². The van der Waals surface area contributed by atoms with Gasteiger partial charge in [-0.15, -0.1) is 0 Å². The third-order valence-electron chi connectivity index (χ3n) is 5.68. The molecule has 4 N–H and O–H groups in total. The summed E-state index contributed by atoms with van der Waals surface area (Å²) in [6, 6.07) is 17.2. The Balaban J connectivity index is 1.31. The summed E-state index contributed by atoms with van der Waals surface area (Å²) in [6.45, 7) is 1.88. The monoisotopic (exact) mass is 465 g/mol. The molecule has 2 aromatic carbocycles. The Morgan fingerprint density at radius 2 is 1.97 bits per heavy atom. The molecule has 0 bridgehead atoms. The minimum Gasteiger partial charge on any atom is -0.481 e. The minimum atomic E-state index is -0.698. The van der Waals surface area contributed by atoms with Crippen LogP contribution in [-0.2, 0) is 9.59 Å². The van der Waals surface area contributed by atoms with Gasteiger partial charge >= 0.3 is 0 Å². The van der Waals surface area contributed by atoms with Gasteiger partial charge < -0.3 is 15.4 Å². The number of nitrogens with one attached hydrogen (secondary N) is 4. The summed E-state index contributed by atoms with van der Waals surface area (Å²) in [6.07, 6.45) is -1.02. The number of aromatic nitrogens is 2. The highest BCUT2D eigenvalue weighted by Crippen LogP contribution is 2.27. The van der Waals surface area contributed by atoms with Gasteiger partial charge in [0.25, 0.3) is 5.91 Å². The van der Waals surface area contributed by atoms with Gasteiger partial charge in [0.1, 0.15) is 12.0 Å². The summed E-state index contributed by atoms with van der Waals surface area (Å²) in [7, 11) is 0. The molecule has 0 aliphatic carbocycles. The first-order chi connectivity index (χ1) is 16.5. The van der Waals surface area contributed by atoms with E-state index in [-0.39, 0.29) is 30.3 Å². The molecule has 2 saturated heterocycles. The predicted octanol–water partition coefficient (Wildman–Crippen LogP) is 1.49. The Morgan fingerprint density at radius 3 is 2.76 bits per heavy atom. The van der Waals surface area contributed by atoms with E-state index in [0.717, 1.165) is 5.69 Å². The Bertz CT molecular complexity index is 1200. The van der Waals surface area contributed by atoms with Crippen LogP contribution in [0.4, 0.5) is 15.9 Å². The third kappa shape index (κ3) is 4.30. The molecule has 1 aromatic heterocycles. The molecular formula is C23H24FN7O3. The largest absolute Gasteiger partial charge is 0.481 e. The lowest BCUT2D eigenvalue weighted by molar-refractivity contribution is -0.129. The minimum absolute atomic E-state index is 0.00988. The van der Waals surface area contributed by atoms with Crippen LogP contribution in [0.1, 0.15) is 12.0 Å². The van der Waals surface area contributed by atoms with Gasteiger partial charge in [0.15, 0.2) is 24.5 Å². The van der Waals surface area contributed by atoms with Crippen LogP contribution in [0.2, 0.25) is 0 Å². The molecule has 176 valence electrons. The lowest BCUT2D eigenvalue weighted by Crippen LogP contribution is -2.61. The van der Waals surface area contributed by atoms with E-state index in [1.165, 1.54) is 16.8 Å². The highest BCUT2D eigenvalue weighted by atomic mass is 19.1. The first-order valence-electron chi connectivity index (χ1n) is 10.9. The molecule has 2 aliphatic rings. The standard InChI is InChI=1S/C23H24FN7O3/c1-14-11-19(26-20(32)13-34-18-10-6-5-9-17(18)24)31(29-14)23-27-21-16(22(33)28-23)12-25-30(21)15-7-3-2-4-8-15/h2-11,16,21,23,25,27H,12-13H2,1H3,(H,26,32)(H,28,33). The fourth-order valence-electron chi connectivity index (χ4n) is 4.12. The van der Waals surface area contributed by atoms with Crippen LogP contribution >= 0.6 is 0 Å². The van der Waals surface area contributed by atoms with Crippen molar-refractivity contribution in [2.75, 3.05) is 23.5 Å². The number of aryl methyl sites for hydroxylation is 1. The van der Waals surface area contributed by atoms with Crippen molar-refractivity contribution in [2.45, 2.75) is 19.4 Å². The molecule has 5 rings (SSSR count). The van der Waals surface area contributed by atoms with Gasteiger partial charge in [-0.05, 0) is 31.2 Å². The Morgan fingerprint density at radius 1 is 1.21 bits per heavy atom. The molecule has 10 nitrogen and oxygen atoms in total. The van der Waals surface area contributed by atoms with Gasteiger partial charge in [-0.1, -0.05) is 30.3 Å². The van der Waals surface area contributed by atoms with Crippen LogP contribution in [-0.4, -0.2) is 40.9 Å². The van der Waals surface area contributed by atoms with Gasteiger partial charge in [0.05, 0.1) is 17.3 Å². The van der Waals surface area contributed by atoms with Gasteiger partial charge in [-0.3, -0.25) is 19.9 Å². The fourth-order valence-corrected chi connectivity index (χ4v) is 4.12. The number of para-hydroxylation sites is 2. The number of nitrogens with zero attached hydrogens (tertiary/aromatic N) is 3. The molecule has 2 amide bonds. The van der Waals surface area contributed by atoms with Crippen LogP contribution in [0.25, 0.3) is 0 Å². The number of rotatable bonds is 6. The van der Waals surface area contributed by atoms with Crippen LogP contribution in [0, 0.1) is 18.7 Å². The first kappa shape index (κ1) is 21.9. The third-order valence-corrected chi connectivity index (χ3v) is 5.68. The number of carbonyl (C=O) groups excluding carboxylic acids is 2. The summed E-state index contributed by atoms with van der Waals surface area (Å²) in [4.78, 5) is 25.4. The molecule has 34 heavy (non-hydrogen) atoms. The SMILES string of the molecule is Cc1cc(NC(=O)COc2ccccc2F)n(C2NC(=O)C3CNN(c4ccccc4)C3N2)n1. The average molecular weight is 465 g/mol. The van der Waals surface area contributed by atoms with Crippen molar-refractivity contribution in [3.8, 4) is 5.75 Å². The summed E-state index contributed by atoms with van der Waals surface area (Å²) in [5.41, 5.74) is 4.84. The number of fused-ring (bicyclic) bond motifs is 1. The maximum atomic E-state index is 13.7. The lowest BCUT2D eigenvalue weighted by Gasteiger charge is -2.37. The first-order valence-corrected chi connectivity index (χ1v) is 10.9. The molecule has 11 heteroatoms. The second-order valence-corrected chi connectivity index (χ2v) is 8.08. The molecule has 2 aliphatic heterocycles. The number of hydrogen-bond acceptors (Lipinski definition) is 7. The normalized spacial score (nSPS) is 21.6. The molecule has 2 fully saturated rings. The van der Waals surface area contributed by atoms with Crippen molar-refractivity contribution in [1.29, 1.82) is 0 Å². The van der Waals surface area contributed by atoms with Crippen molar-refractivity contribution < 1.29 is 18.7 Å². The lowest BCUT2D eigenvalue weighted by atomic mass is 10.0. The number of carbonyl (C=O) groups is 2. The molecule has 3 atom stereocenters. The van der Waals surface area contributed by atoms with Gasteiger partial charge in [0, 0.05) is 12.6 Å². The van der Waals surface area contributed by atoms with Crippen molar-refractivity contribution in [3.05, 3.63) is 72.2 Å². The zero-order valence-corrected chi connectivity index (χ0v) is 18.4. The van der Waals surface area contributed by atoms with Gasteiger partial charge in [-0.25, -0.2) is 14.5 Å². The Hall–Kier alpha value is -3.96. The van der Waals surface area contributed by atoms with E-state index in [2.05, 4.69) is 26.5 Å². The second-order valence-electron chi connectivity index (χ2n) is 8.08. The smallest absolute Gasteiger partial charge is 0.263 e. The molecule has 0 saturated carbocycles. The summed E-state index contributed by atoms with van der Waals surface area (Å²) in [5, 5.41) is 15.4. The van der Waals surface area contributed by atoms with Crippen molar-refractivity contribution in [1.82, 2.24) is 25.8 Å². The summed E-state index contributed by atoms with van der Waals surface area (Å²) in [5.74, 6) is -1.11. The van der Waals surface area contributed by atoms with E-state index in [0.29, 0.717) is 18.1 Å². The molecule has 3 heterocycles. The Kier molecular flexibility index (Phi) is 5.86. The van der Waals surface area contributed by atoms with Crippen molar-refractivity contribution >= 4 is 23.3 Å². The zero-order valence-electron chi connectivity index (χ0n) is 18.4. The number of anilines is 2. The van der Waals surface area contributed by atoms with E-state index in [1.807, 2.05) is 35.3 Å². The van der Waals surface area contributed by atoms with E-state index >= 15 is 0 Å². The Labute approximate surface area is 195 Å². The van der Waals surface area contributed by atoms with E-state index < -0.39 is 18.0 Å². The molecule has 0 radical (unpaired) electrons. The number of halogens is 1. The maximum absolute atomic E-state index is 13.7.